The van der Waals surface area contributed by atoms with Crippen LogP contribution in [0.1, 0.15) is 233 Å². The van der Waals surface area contributed by atoms with E-state index in [2.05, 4.69) is 81.5 Å². The Balaban J connectivity index is 4.41. The average Bonchev–Trinajstić information content (AvgIpc) is 3.27. The van der Waals surface area contributed by atoms with Crippen molar-refractivity contribution in [3.63, 3.8) is 0 Å². The highest BCUT2D eigenvalue weighted by Gasteiger charge is 2.19. The molecular weight excluding hydrogens is 769 g/mol. The highest BCUT2D eigenvalue weighted by atomic mass is 16.6. The summed E-state index contributed by atoms with van der Waals surface area (Å²) in [5.74, 6) is -0.981. The normalized spacial score (nSPS) is 12.8. The van der Waals surface area contributed by atoms with Gasteiger partial charge in [-0.25, -0.2) is 0 Å². The molecule has 0 radical (unpaired) electrons. The molecule has 1 unspecified atom stereocenters. The first-order valence-corrected chi connectivity index (χ1v) is 25.6. The second-order valence-corrected chi connectivity index (χ2v) is 16.8. The Morgan fingerprint density at radius 1 is 0.355 bits per heavy atom. The van der Waals surface area contributed by atoms with Crippen LogP contribution in [0.2, 0.25) is 0 Å². The maximum Gasteiger partial charge on any atom is 0.306 e. The topological polar surface area (TPSA) is 78.9 Å². The molecular formula is C56H94O6. The van der Waals surface area contributed by atoms with Crippen LogP contribution in [-0.4, -0.2) is 37.2 Å². The molecule has 0 N–H and O–H groups in total. The zero-order valence-electron chi connectivity index (χ0n) is 40.4. The molecule has 0 heterocycles. The number of allylic oxidation sites excluding steroid dienone is 14. The molecule has 0 amide bonds. The predicted molar refractivity (Wildman–Crippen MR) is 265 cm³/mol. The van der Waals surface area contributed by atoms with Gasteiger partial charge in [0.2, 0.25) is 0 Å². The quantitative estimate of drug-likeness (QED) is 0.0199. The summed E-state index contributed by atoms with van der Waals surface area (Å²) in [7, 11) is 0. The zero-order valence-corrected chi connectivity index (χ0v) is 40.4. The molecule has 0 spiro atoms. The summed E-state index contributed by atoms with van der Waals surface area (Å²) < 4.78 is 16.7. The lowest BCUT2D eigenvalue weighted by Gasteiger charge is -2.18. The minimum absolute atomic E-state index is 0.101. The van der Waals surface area contributed by atoms with Gasteiger partial charge in [-0.05, 0) is 64.2 Å². The Kier molecular flexibility index (Phi) is 47.5. The Bertz CT molecular complexity index is 1220. The molecule has 0 saturated carbocycles. The number of esters is 3. The van der Waals surface area contributed by atoms with Crippen molar-refractivity contribution in [2.75, 3.05) is 13.2 Å². The highest BCUT2D eigenvalue weighted by molar-refractivity contribution is 5.71. The van der Waals surface area contributed by atoms with E-state index in [-0.39, 0.29) is 37.5 Å². The van der Waals surface area contributed by atoms with Gasteiger partial charge in [0.15, 0.2) is 6.10 Å². The molecule has 0 aliphatic carbocycles. The van der Waals surface area contributed by atoms with Gasteiger partial charge in [0.1, 0.15) is 13.2 Å². The molecule has 0 aromatic rings. The second kappa shape index (κ2) is 50.2. The van der Waals surface area contributed by atoms with Crippen molar-refractivity contribution in [1.29, 1.82) is 0 Å². The van der Waals surface area contributed by atoms with Crippen LogP contribution >= 0.6 is 0 Å². The highest BCUT2D eigenvalue weighted by Crippen LogP contribution is 2.15. The van der Waals surface area contributed by atoms with Crippen LogP contribution in [0.4, 0.5) is 0 Å². The van der Waals surface area contributed by atoms with Gasteiger partial charge in [-0.2, -0.15) is 0 Å². The van der Waals surface area contributed by atoms with Crippen molar-refractivity contribution in [1.82, 2.24) is 0 Å². The maximum absolute atomic E-state index is 12.8. The lowest BCUT2D eigenvalue weighted by atomic mass is 10.0. The first kappa shape index (κ1) is 58.6. The summed E-state index contributed by atoms with van der Waals surface area (Å²) in [6.07, 6.45) is 64.4. The number of ether oxygens (including phenoxy) is 3. The molecule has 0 aliphatic heterocycles. The van der Waals surface area contributed by atoms with Crippen molar-refractivity contribution in [2.45, 2.75) is 239 Å². The van der Waals surface area contributed by atoms with E-state index >= 15 is 0 Å². The minimum atomic E-state index is -0.807. The average molecular weight is 863 g/mol. The van der Waals surface area contributed by atoms with E-state index < -0.39 is 6.10 Å². The first-order valence-electron chi connectivity index (χ1n) is 25.6. The molecule has 0 rings (SSSR count). The van der Waals surface area contributed by atoms with Gasteiger partial charge in [-0.1, -0.05) is 234 Å². The summed E-state index contributed by atoms with van der Waals surface area (Å²) in [5, 5.41) is 0. The van der Waals surface area contributed by atoms with Crippen LogP contribution < -0.4 is 0 Å². The van der Waals surface area contributed by atoms with Gasteiger partial charge in [0.05, 0.1) is 0 Å². The summed E-state index contributed by atoms with van der Waals surface area (Å²) in [6.45, 7) is 6.32. The lowest BCUT2D eigenvalue weighted by molar-refractivity contribution is -0.167. The van der Waals surface area contributed by atoms with Crippen LogP contribution in [-0.2, 0) is 28.6 Å². The van der Waals surface area contributed by atoms with Gasteiger partial charge in [0, 0.05) is 19.3 Å². The third-order valence-electron chi connectivity index (χ3n) is 10.7. The third kappa shape index (κ3) is 47.6. The van der Waals surface area contributed by atoms with Crippen molar-refractivity contribution in [3.8, 4) is 0 Å². The van der Waals surface area contributed by atoms with E-state index in [9.17, 15) is 14.4 Å². The van der Waals surface area contributed by atoms with E-state index in [1.54, 1.807) is 0 Å². The number of hydrogen-bond donors (Lipinski definition) is 0. The molecule has 0 aromatic heterocycles. The Morgan fingerprint density at radius 3 is 1.23 bits per heavy atom. The minimum Gasteiger partial charge on any atom is -0.462 e. The monoisotopic (exact) mass is 863 g/mol. The van der Waals surface area contributed by atoms with E-state index in [0.29, 0.717) is 19.3 Å². The molecule has 354 valence electrons. The molecule has 1 atom stereocenters. The van der Waals surface area contributed by atoms with E-state index in [4.69, 9.17) is 14.2 Å². The van der Waals surface area contributed by atoms with E-state index in [0.717, 1.165) is 89.9 Å². The van der Waals surface area contributed by atoms with Crippen LogP contribution in [0.15, 0.2) is 85.1 Å². The molecule has 6 nitrogen and oxygen atoms in total. The van der Waals surface area contributed by atoms with Crippen LogP contribution in [0.25, 0.3) is 0 Å². The first-order chi connectivity index (χ1) is 30.5. The molecule has 0 aromatic carbocycles. The fourth-order valence-corrected chi connectivity index (χ4v) is 6.95. The van der Waals surface area contributed by atoms with Crippen molar-refractivity contribution >= 4 is 17.9 Å². The van der Waals surface area contributed by atoms with Crippen molar-refractivity contribution < 1.29 is 28.6 Å². The van der Waals surface area contributed by atoms with Crippen molar-refractivity contribution in [2.24, 2.45) is 0 Å². The second-order valence-electron chi connectivity index (χ2n) is 16.8. The Labute approximate surface area is 382 Å². The van der Waals surface area contributed by atoms with Crippen LogP contribution in [0.5, 0.6) is 0 Å². The van der Waals surface area contributed by atoms with Crippen LogP contribution in [0.3, 0.4) is 0 Å². The molecule has 6 heteroatoms. The molecule has 0 saturated heterocycles. The lowest BCUT2D eigenvalue weighted by Crippen LogP contribution is -2.30. The van der Waals surface area contributed by atoms with Crippen LogP contribution in [0, 0.1) is 0 Å². The molecule has 0 bridgehead atoms. The Hall–Kier alpha value is -3.41. The van der Waals surface area contributed by atoms with Gasteiger partial charge >= 0.3 is 17.9 Å². The van der Waals surface area contributed by atoms with Gasteiger partial charge in [0.25, 0.3) is 0 Å². The molecule has 0 fully saturated rings. The fraction of sp³-hybridized carbons (Fsp3) is 0.696. The predicted octanol–water partition coefficient (Wildman–Crippen LogP) is 16.8. The number of carbonyl (C=O) groups is 3. The van der Waals surface area contributed by atoms with Crippen molar-refractivity contribution in [3.05, 3.63) is 85.1 Å². The summed E-state index contributed by atoms with van der Waals surface area (Å²) >= 11 is 0. The third-order valence-corrected chi connectivity index (χ3v) is 10.7. The molecule has 0 aliphatic rings. The fourth-order valence-electron chi connectivity index (χ4n) is 6.95. The smallest absolute Gasteiger partial charge is 0.306 e. The summed E-state index contributed by atoms with van der Waals surface area (Å²) in [6, 6.07) is 0. The largest absolute Gasteiger partial charge is 0.462 e. The van der Waals surface area contributed by atoms with E-state index in [1.165, 1.54) is 96.3 Å². The summed E-state index contributed by atoms with van der Waals surface area (Å²) in [4.78, 5) is 37.9. The molecule has 62 heavy (non-hydrogen) atoms. The zero-order chi connectivity index (χ0) is 45.1. The summed E-state index contributed by atoms with van der Waals surface area (Å²) in [5.41, 5.74) is 0. The van der Waals surface area contributed by atoms with Gasteiger partial charge in [-0.15, -0.1) is 0 Å². The van der Waals surface area contributed by atoms with Gasteiger partial charge < -0.3 is 14.2 Å². The van der Waals surface area contributed by atoms with E-state index in [1.807, 2.05) is 24.3 Å². The maximum atomic E-state index is 12.8. The van der Waals surface area contributed by atoms with Gasteiger partial charge in [-0.3, -0.25) is 14.4 Å². The standard InChI is InChI=1S/C56H94O6/c1-4-7-10-13-16-19-22-24-26-27-28-30-31-34-37-40-43-46-49-55(58)61-52-53(51-60-54(57)48-45-42-39-36-33-21-18-15-12-9-6-3)62-56(59)50-47-44-41-38-35-32-29-25-23-20-17-14-11-8-5-2/h8-9,11-12,14,17-18,20-21,23,25,29,36,39,53H,4-7,10,13,15-16,19,22,24,26-28,30-35,37-38,40-52H2,1-3H3/b11-8-,12-9-,17-14-,21-18-,23-20-,29-25-,39-36-. The number of rotatable bonds is 45. The number of hydrogen-bond acceptors (Lipinski definition) is 6. The number of unbranched alkanes of at least 4 members (excludes halogenated alkanes) is 23. The Morgan fingerprint density at radius 2 is 0.726 bits per heavy atom. The number of carbonyl (C=O) groups excluding carboxylic acids is 3. The SMILES string of the molecule is CC\C=C/C=C\C=C/C=C\CCCCCCCC(=O)OC(COC(=O)CCC/C=C\C/C=C\C/C=C\CC)COC(=O)CCCCCCCCCCCCCCCCCCCC.